The number of carbonyl (C=O) groups is 1. The first-order valence-corrected chi connectivity index (χ1v) is 10.9. The molecule has 3 heterocycles. The van der Waals surface area contributed by atoms with Crippen LogP contribution in [0.3, 0.4) is 0 Å². The Bertz CT molecular complexity index is 1050. The van der Waals surface area contributed by atoms with Crippen LogP contribution in [0.4, 0.5) is 11.5 Å². The highest BCUT2D eigenvalue weighted by molar-refractivity contribution is 5.74. The first kappa shape index (κ1) is 21.0. The maximum absolute atomic E-state index is 12.2. The standard InChI is InChI=1S/C25H29N5O/c1-4-22-11-10-20(16-30(22)18(3)31)25-28-23(19-8-6-12-26-15-19)14-24(29-25)27-21-9-5-7-17(2)13-21/h5-9,12-15,20,22H,4,10-11,16H2,1-3H3,(H,27,28,29)/t20-,22-/m1/s1. The number of carbonyl (C=O) groups excluding carboxylic acids is 1. The number of aryl methyl sites for hydroxylation is 1. The number of piperidine rings is 1. The SMILES string of the molecule is CC[C@@H]1CC[C@@H](c2nc(Nc3cccc(C)c3)cc(-c3cccnc3)n2)CN1C(C)=O. The highest BCUT2D eigenvalue weighted by Gasteiger charge is 2.31. The zero-order chi connectivity index (χ0) is 21.8. The van der Waals surface area contributed by atoms with Gasteiger partial charge in [0.25, 0.3) is 0 Å². The van der Waals surface area contributed by atoms with Crippen molar-refractivity contribution >= 4 is 17.4 Å². The molecule has 160 valence electrons. The molecule has 1 amide bonds. The van der Waals surface area contributed by atoms with Gasteiger partial charge in [0.15, 0.2) is 0 Å². The zero-order valence-electron chi connectivity index (χ0n) is 18.4. The summed E-state index contributed by atoms with van der Waals surface area (Å²) in [6, 6.07) is 14.4. The number of aromatic nitrogens is 3. The molecular weight excluding hydrogens is 386 g/mol. The summed E-state index contributed by atoms with van der Waals surface area (Å²) in [6.45, 7) is 6.53. The van der Waals surface area contributed by atoms with Crippen molar-refractivity contribution in [3.05, 3.63) is 66.2 Å². The van der Waals surface area contributed by atoms with Gasteiger partial charge in [0.05, 0.1) is 5.69 Å². The number of rotatable bonds is 5. The summed E-state index contributed by atoms with van der Waals surface area (Å²) in [4.78, 5) is 28.3. The number of hydrogen-bond donors (Lipinski definition) is 1. The Hall–Kier alpha value is -3.28. The average molecular weight is 416 g/mol. The Morgan fingerprint density at radius 3 is 2.74 bits per heavy atom. The Labute approximate surface area is 183 Å². The fraction of sp³-hybridized carbons (Fsp3) is 0.360. The van der Waals surface area contributed by atoms with E-state index in [1.54, 1.807) is 13.1 Å². The van der Waals surface area contributed by atoms with Crippen molar-refractivity contribution in [2.75, 3.05) is 11.9 Å². The fourth-order valence-corrected chi connectivity index (χ4v) is 4.29. The quantitative estimate of drug-likeness (QED) is 0.628. The van der Waals surface area contributed by atoms with E-state index in [0.29, 0.717) is 12.6 Å². The molecule has 31 heavy (non-hydrogen) atoms. The van der Waals surface area contributed by atoms with E-state index in [1.165, 1.54) is 5.56 Å². The largest absolute Gasteiger partial charge is 0.340 e. The smallest absolute Gasteiger partial charge is 0.219 e. The predicted molar refractivity (Wildman–Crippen MR) is 123 cm³/mol. The van der Waals surface area contributed by atoms with Crippen molar-refractivity contribution in [2.24, 2.45) is 0 Å². The van der Waals surface area contributed by atoms with Crippen LogP contribution in [0.2, 0.25) is 0 Å². The second-order valence-corrected chi connectivity index (χ2v) is 8.24. The molecule has 1 aliphatic heterocycles. The third-order valence-corrected chi connectivity index (χ3v) is 5.94. The first-order chi connectivity index (χ1) is 15.0. The second kappa shape index (κ2) is 9.25. The molecule has 0 spiro atoms. The van der Waals surface area contributed by atoms with Crippen LogP contribution in [0.1, 0.15) is 50.4 Å². The van der Waals surface area contributed by atoms with Crippen LogP contribution in [0, 0.1) is 6.92 Å². The van der Waals surface area contributed by atoms with Crippen LogP contribution in [0.5, 0.6) is 0 Å². The van der Waals surface area contributed by atoms with E-state index in [0.717, 1.165) is 47.8 Å². The summed E-state index contributed by atoms with van der Waals surface area (Å²) in [7, 11) is 0. The number of nitrogens with one attached hydrogen (secondary N) is 1. The highest BCUT2D eigenvalue weighted by atomic mass is 16.2. The van der Waals surface area contributed by atoms with Crippen molar-refractivity contribution < 1.29 is 4.79 Å². The molecule has 4 rings (SSSR count). The molecule has 6 nitrogen and oxygen atoms in total. The Kier molecular flexibility index (Phi) is 6.26. The molecule has 2 aromatic heterocycles. The van der Waals surface area contributed by atoms with E-state index >= 15 is 0 Å². The van der Waals surface area contributed by atoms with Gasteiger partial charge in [0.2, 0.25) is 5.91 Å². The number of benzene rings is 1. The average Bonchev–Trinajstić information content (AvgIpc) is 2.79. The molecule has 0 aliphatic carbocycles. The molecule has 0 saturated carbocycles. The first-order valence-electron chi connectivity index (χ1n) is 10.9. The van der Waals surface area contributed by atoms with Crippen LogP contribution in [-0.2, 0) is 4.79 Å². The van der Waals surface area contributed by atoms with Crippen LogP contribution in [0.25, 0.3) is 11.3 Å². The number of likely N-dealkylation sites (tertiary alicyclic amines) is 1. The van der Waals surface area contributed by atoms with Crippen molar-refractivity contribution in [2.45, 2.75) is 52.0 Å². The molecule has 6 heteroatoms. The summed E-state index contributed by atoms with van der Waals surface area (Å²) in [5.74, 6) is 1.76. The topological polar surface area (TPSA) is 71.0 Å². The monoisotopic (exact) mass is 415 g/mol. The Balaban J connectivity index is 1.70. The lowest BCUT2D eigenvalue weighted by molar-refractivity contribution is -0.133. The number of hydrogen-bond acceptors (Lipinski definition) is 5. The maximum atomic E-state index is 12.2. The normalized spacial score (nSPS) is 18.6. The molecule has 0 unspecified atom stereocenters. The van der Waals surface area contributed by atoms with Gasteiger partial charge in [0.1, 0.15) is 11.6 Å². The number of anilines is 2. The summed E-state index contributed by atoms with van der Waals surface area (Å²) < 4.78 is 0. The van der Waals surface area contributed by atoms with Gasteiger partial charge < -0.3 is 10.2 Å². The molecule has 0 bridgehead atoms. The van der Waals surface area contributed by atoms with E-state index in [-0.39, 0.29) is 11.8 Å². The third-order valence-electron chi connectivity index (χ3n) is 5.94. The molecule has 1 N–H and O–H groups in total. The Morgan fingerprint density at radius 2 is 2.03 bits per heavy atom. The van der Waals surface area contributed by atoms with Crippen molar-refractivity contribution in [1.82, 2.24) is 19.9 Å². The molecule has 3 aromatic rings. The van der Waals surface area contributed by atoms with Gasteiger partial charge in [0, 0.05) is 55.1 Å². The van der Waals surface area contributed by atoms with E-state index in [1.807, 2.05) is 41.4 Å². The van der Waals surface area contributed by atoms with Gasteiger partial charge in [-0.15, -0.1) is 0 Å². The minimum atomic E-state index is 0.112. The minimum Gasteiger partial charge on any atom is -0.340 e. The third kappa shape index (κ3) is 4.90. The van der Waals surface area contributed by atoms with Crippen LogP contribution >= 0.6 is 0 Å². The van der Waals surface area contributed by atoms with E-state index < -0.39 is 0 Å². The van der Waals surface area contributed by atoms with Gasteiger partial charge in [-0.05, 0) is 56.0 Å². The van der Waals surface area contributed by atoms with E-state index in [9.17, 15) is 4.79 Å². The number of pyridine rings is 1. The fourth-order valence-electron chi connectivity index (χ4n) is 4.29. The Morgan fingerprint density at radius 1 is 1.16 bits per heavy atom. The summed E-state index contributed by atoms with van der Waals surface area (Å²) >= 11 is 0. The summed E-state index contributed by atoms with van der Waals surface area (Å²) in [5, 5.41) is 3.44. The van der Waals surface area contributed by atoms with Crippen molar-refractivity contribution in [3.8, 4) is 11.3 Å². The lowest BCUT2D eigenvalue weighted by Crippen LogP contribution is -2.45. The van der Waals surface area contributed by atoms with Gasteiger partial charge in [-0.1, -0.05) is 19.1 Å². The minimum absolute atomic E-state index is 0.112. The van der Waals surface area contributed by atoms with Crippen LogP contribution < -0.4 is 5.32 Å². The molecule has 1 saturated heterocycles. The molecule has 1 aliphatic rings. The zero-order valence-corrected chi connectivity index (χ0v) is 18.4. The van der Waals surface area contributed by atoms with Gasteiger partial charge in [-0.3, -0.25) is 9.78 Å². The predicted octanol–water partition coefficient (Wildman–Crippen LogP) is 5.10. The lowest BCUT2D eigenvalue weighted by Gasteiger charge is -2.38. The molecular formula is C25H29N5O. The lowest BCUT2D eigenvalue weighted by atomic mass is 9.90. The van der Waals surface area contributed by atoms with Crippen molar-refractivity contribution in [3.63, 3.8) is 0 Å². The molecule has 1 fully saturated rings. The summed E-state index contributed by atoms with van der Waals surface area (Å²) in [6.07, 6.45) is 6.50. The van der Waals surface area contributed by atoms with Gasteiger partial charge in [-0.2, -0.15) is 0 Å². The maximum Gasteiger partial charge on any atom is 0.219 e. The van der Waals surface area contributed by atoms with Gasteiger partial charge >= 0.3 is 0 Å². The second-order valence-electron chi connectivity index (χ2n) is 8.24. The molecule has 0 radical (unpaired) electrons. The van der Waals surface area contributed by atoms with Gasteiger partial charge in [-0.25, -0.2) is 9.97 Å². The number of nitrogens with zero attached hydrogens (tertiary/aromatic N) is 4. The van der Waals surface area contributed by atoms with Crippen LogP contribution in [0.15, 0.2) is 54.9 Å². The number of amides is 1. The molecule has 2 atom stereocenters. The van der Waals surface area contributed by atoms with Crippen molar-refractivity contribution in [1.29, 1.82) is 0 Å². The van der Waals surface area contributed by atoms with Crippen LogP contribution in [-0.4, -0.2) is 38.3 Å². The van der Waals surface area contributed by atoms with E-state index in [2.05, 4.69) is 36.3 Å². The molecule has 1 aromatic carbocycles. The highest BCUT2D eigenvalue weighted by Crippen LogP contribution is 2.32. The summed E-state index contributed by atoms with van der Waals surface area (Å²) in [5.41, 5.74) is 3.95. The van der Waals surface area contributed by atoms with E-state index in [4.69, 9.17) is 9.97 Å².